The van der Waals surface area contributed by atoms with Crippen molar-refractivity contribution in [3.8, 4) is 11.8 Å². The molecule has 0 nitrogen and oxygen atoms in total. The highest BCUT2D eigenvalue weighted by Crippen LogP contribution is 2.36. The van der Waals surface area contributed by atoms with E-state index >= 15 is 0 Å². The molecule has 0 heterocycles. The average Bonchev–Trinajstić information content (AvgIpc) is 2.46. The Balaban J connectivity index is 2.60. The number of benzene rings is 2. The van der Waals surface area contributed by atoms with Crippen molar-refractivity contribution in [2.24, 2.45) is 0 Å². The average molecular weight is 336 g/mol. The molecule has 0 fully saturated rings. The Morgan fingerprint density at radius 2 is 1.13 bits per heavy atom. The first-order valence-corrected chi connectivity index (χ1v) is 5.83. The van der Waals surface area contributed by atoms with Crippen molar-refractivity contribution < 1.29 is 35.1 Å². The van der Waals surface area contributed by atoms with Gasteiger partial charge in [0, 0.05) is 5.56 Å². The maximum absolute atomic E-state index is 13.6. The van der Waals surface area contributed by atoms with Crippen LogP contribution in [-0.2, 0) is 6.18 Å². The fraction of sp³-hybridized carbons (Fsp3) is 0.0667. The molecule has 0 spiro atoms. The van der Waals surface area contributed by atoms with E-state index in [1.807, 2.05) is 0 Å². The zero-order chi connectivity index (χ0) is 17.4. The van der Waals surface area contributed by atoms with E-state index < -0.39 is 46.4 Å². The summed E-state index contributed by atoms with van der Waals surface area (Å²) in [5, 5.41) is 0. The van der Waals surface area contributed by atoms with Crippen LogP contribution in [0, 0.1) is 40.9 Å². The van der Waals surface area contributed by atoms with Crippen LogP contribution < -0.4 is 0 Å². The maximum Gasteiger partial charge on any atom is 0.422 e. The molecule has 0 saturated carbocycles. The smallest absolute Gasteiger partial charge is 0.207 e. The fourth-order valence-corrected chi connectivity index (χ4v) is 1.66. The molecular formula is C15H4F8. The van der Waals surface area contributed by atoms with Gasteiger partial charge in [-0.25, -0.2) is 22.0 Å². The summed E-state index contributed by atoms with van der Waals surface area (Å²) in [5.41, 5.74) is -4.12. The van der Waals surface area contributed by atoms with Gasteiger partial charge in [0.15, 0.2) is 23.3 Å². The van der Waals surface area contributed by atoms with Crippen LogP contribution in [0.15, 0.2) is 24.3 Å². The zero-order valence-electron chi connectivity index (χ0n) is 10.8. The van der Waals surface area contributed by atoms with Gasteiger partial charge >= 0.3 is 6.18 Å². The molecule has 2 rings (SSSR count). The first-order valence-electron chi connectivity index (χ1n) is 5.83. The lowest BCUT2D eigenvalue weighted by Crippen LogP contribution is -2.16. The summed E-state index contributed by atoms with van der Waals surface area (Å²) in [6.07, 6.45) is -5.61. The number of hydrogen-bond donors (Lipinski definition) is 0. The molecule has 2 aromatic rings. The molecule has 23 heavy (non-hydrogen) atoms. The topological polar surface area (TPSA) is 0 Å². The third-order valence-corrected chi connectivity index (χ3v) is 2.72. The molecule has 8 heteroatoms. The Morgan fingerprint density at radius 3 is 1.57 bits per heavy atom. The Hall–Kier alpha value is -2.56. The standard InChI is InChI=1S/C15H4F8/c16-8-4-1-7(2-5-8)3-6-9-11(17)13(19)10(15(21,22)23)14(20)12(9)18/h1-2,4-5H. The summed E-state index contributed by atoms with van der Waals surface area (Å²) in [4.78, 5) is 0. The van der Waals surface area contributed by atoms with Gasteiger partial charge in [0.1, 0.15) is 16.9 Å². The van der Waals surface area contributed by atoms with Crippen LogP contribution in [-0.4, -0.2) is 0 Å². The van der Waals surface area contributed by atoms with Crippen molar-refractivity contribution in [2.45, 2.75) is 6.18 Å². The molecule has 0 aliphatic rings. The molecule has 0 aliphatic heterocycles. The van der Waals surface area contributed by atoms with E-state index in [0.29, 0.717) is 0 Å². The van der Waals surface area contributed by atoms with Gasteiger partial charge in [-0.1, -0.05) is 11.8 Å². The highest BCUT2D eigenvalue weighted by atomic mass is 19.4. The Kier molecular flexibility index (Phi) is 4.32. The van der Waals surface area contributed by atoms with Crippen LogP contribution in [0.2, 0.25) is 0 Å². The van der Waals surface area contributed by atoms with Crippen LogP contribution in [0.1, 0.15) is 16.7 Å². The zero-order valence-corrected chi connectivity index (χ0v) is 10.8. The molecule has 0 N–H and O–H groups in total. The highest BCUT2D eigenvalue weighted by molar-refractivity contribution is 5.46. The van der Waals surface area contributed by atoms with Crippen LogP contribution in [0.25, 0.3) is 0 Å². The summed E-state index contributed by atoms with van der Waals surface area (Å²) in [6.45, 7) is 0. The first kappa shape index (κ1) is 16.8. The lowest BCUT2D eigenvalue weighted by molar-refractivity contribution is -0.143. The molecule has 0 bridgehead atoms. The molecule has 2 aromatic carbocycles. The maximum atomic E-state index is 13.6. The van der Waals surface area contributed by atoms with E-state index in [0.717, 1.165) is 24.3 Å². The second-order valence-electron chi connectivity index (χ2n) is 4.26. The number of rotatable bonds is 0. The second-order valence-corrected chi connectivity index (χ2v) is 4.26. The molecule has 0 aromatic heterocycles. The second kappa shape index (κ2) is 5.91. The van der Waals surface area contributed by atoms with Crippen LogP contribution in [0.5, 0.6) is 0 Å². The Bertz CT molecular complexity index is 778. The molecule has 0 amide bonds. The highest BCUT2D eigenvalue weighted by Gasteiger charge is 2.42. The molecule has 120 valence electrons. The van der Waals surface area contributed by atoms with Crippen molar-refractivity contribution in [1.29, 1.82) is 0 Å². The largest absolute Gasteiger partial charge is 0.422 e. The van der Waals surface area contributed by atoms with E-state index in [4.69, 9.17) is 0 Å². The van der Waals surface area contributed by atoms with Crippen LogP contribution >= 0.6 is 0 Å². The quantitative estimate of drug-likeness (QED) is 0.368. The molecular weight excluding hydrogens is 332 g/mol. The minimum atomic E-state index is -5.61. The van der Waals surface area contributed by atoms with Gasteiger partial charge in [-0.15, -0.1) is 0 Å². The minimum absolute atomic E-state index is 0.0333. The monoisotopic (exact) mass is 336 g/mol. The Morgan fingerprint density at radius 1 is 0.652 bits per heavy atom. The van der Waals surface area contributed by atoms with Crippen molar-refractivity contribution in [1.82, 2.24) is 0 Å². The molecule has 0 radical (unpaired) electrons. The van der Waals surface area contributed by atoms with Crippen molar-refractivity contribution in [2.75, 3.05) is 0 Å². The molecule has 0 aliphatic carbocycles. The normalized spacial score (nSPS) is 11.1. The van der Waals surface area contributed by atoms with Crippen molar-refractivity contribution in [3.63, 3.8) is 0 Å². The number of alkyl halides is 3. The molecule has 0 saturated heterocycles. The summed E-state index contributed by atoms with van der Waals surface area (Å²) in [6, 6.07) is 4.14. The van der Waals surface area contributed by atoms with Crippen LogP contribution in [0.4, 0.5) is 35.1 Å². The van der Waals surface area contributed by atoms with Gasteiger partial charge < -0.3 is 0 Å². The van der Waals surface area contributed by atoms with E-state index in [9.17, 15) is 35.1 Å². The van der Waals surface area contributed by atoms with E-state index in [-0.39, 0.29) is 5.56 Å². The summed E-state index contributed by atoms with van der Waals surface area (Å²) < 4.78 is 104. The van der Waals surface area contributed by atoms with Gasteiger partial charge in [0.2, 0.25) is 0 Å². The lowest BCUT2D eigenvalue weighted by atomic mass is 10.1. The SMILES string of the molecule is Fc1ccc(C#Cc2c(F)c(F)c(C(F)(F)F)c(F)c2F)cc1. The third-order valence-electron chi connectivity index (χ3n) is 2.72. The predicted molar refractivity (Wildman–Crippen MR) is 63.7 cm³/mol. The molecule has 0 unspecified atom stereocenters. The predicted octanol–water partition coefficient (Wildman–Crippen LogP) is 4.80. The summed E-state index contributed by atoms with van der Waals surface area (Å²) in [5.74, 6) is -6.53. The van der Waals surface area contributed by atoms with Gasteiger partial charge in [0.25, 0.3) is 0 Å². The van der Waals surface area contributed by atoms with Gasteiger partial charge in [-0.3, -0.25) is 0 Å². The Labute approximate surface area is 124 Å². The summed E-state index contributed by atoms with van der Waals surface area (Å²) >= 11 is 0. The van der Waals surface area contributed by atoms with Crippen LogP contribution in [0.3, 0.4) is 0 Å². The van der Waals surface area contributed by atoms with E-state index in [2.05, 4.69) is 5.92 Å². The summed E-state index contributed by atoms with van der Waals surface area (Å²) in [7, 11) is 0. The third kappa shape index (κ3) is 3.28. The van der Waals surface area contributed by atoms with Gasteiger partial charge in [0.05, 0.1) is 0 Å². The lowest BCUT2D eigenvalue weighted by Gasteiger charge is -2.11. The van der Waals surface area contributed by atoms with Crippen molar-refractivity contribution in [3.05, 3.63) is 70.0 Å². The van der Waals surface area contributed by atoms with E-state index in [1.165, 1.54) is 0 Å². The fourth-order valence-electron chi connectivity index (χ4n) is 1.66. The van der Waals surface area contributed by atoms with E-state index in [1.54, 1.807) is 5.92 Å². The van der Waals surface area contributed by atoms with Gasteiger partial charge in [-0.2, -0.15) is 13.2 Å². The number of halogens is 8. The first-order chi connectivity index (χ1) is 10.6. The van der Waals surface area contributed by atoms with Crippen molar-refractivity contribution >= 4 is 0 Å². The molecule has 0 atom stereocenters. The van der Waals surface area contributed by atoms with Gasteiger partial charge in [-0.05, 0) is 24.3 Å². The minimum Gasteiger partial charge on any atom is -0.207 e. The number of hydrogen-bond acceptors (Lipinski definition) is 0.